The molecule has 2 aromatic carbocycles. The largest absolute Gasteiger partial charge is 0.492 e. The van der Waals surface area contributed by atoms with Crippen molar-refractivity contribution >= 4 is 28.9 Å². The third-order valence-electron chi connectivity index (χ3n) is 2.85. The molecule has 2 rings (SSSR count). The number of anilines is 2. The molecule has 0 fully saturated rings. The molecule has 116 valence electrons. The first kappa shape index (κ1) is 16.1. The van der Waals surface area contributed by atoms with Gasteiger partial charge < -0.3 is 15.4 Å². The number of para-hydroxylation sites is 2. The molecule has 2 aromatic rings. The van der Waals surface area contributed by atoms with Crippen molar-refractivity contribution in [3.05, 3.63) is 53.3 Å². The first-order chi connectivity index (χ1) is 10.6. The van der Waals surface area contributed by atoms with E-state index < -0.39 is 5.82 Å². The summed E-state index contributed by atoms with van der Waals surface area (Å²) in [4.78, 5) is 12.0. The van der Waals surface area contributed by atoms with E-state index in [1.807, 2.05) is 13.0 Å². The summed E-state index contributed by atoms with van der Waals surface area (Å²) in [5.41, 5.74) is 0.753. The van der Waals surface area contributed by atoms with E-state index in [2.05, 4.69) is 10.6 Å². The number of amides is 1. The van der Waals surface area contributed by atoms with Gasteiger partial charge in [0.05, 0.1) is 29.5 Å². The van der Waals surface area contributed by atoms with E-state index in [-0.39, 0.29) is 23.2 Å². The van der Waals surface area contributed by atoms with Gasteiger partial charge in [-0.15, -0.1) is 0 Å². The van der Waals surface area contributed by atoms with Crippen LogP contribution in [0.1, 0.15) is 6.92 Å². The van der Waals surface area contributed by atoms with Crippen molar-refractivity contribution in [1.29, 1.82) is 0 Å². The lowest BCUT2D eigenvalue weighted by Crippen LogP contribution is -2.22. The fourth-order valence-corrected chi connectivity index (χ4v) is 2.04. The molecule has 2 N–H and O–H groups in total. The minimum Gasteiger partial charge on any atom is -0.492 e. The highest BCUT2D eigenvalue weighted by Crippen LogP contribution is 2.24. The van der Waals surface area contributed by atoms with Crippen LogP contribution in [0.5, 0.6) is 5.75 Å². The van der Waals surface area contributed by atoms with E-state index in [0.717, 1.165) is 0 Å². The molecule has 4 nitrogen and oxygen atoms in total. The lowest BCUT2D eigenvalue weighted by molar-refractivity contribution is -0.114. The van der Waals surface area contributed by atoms with Gasteiger partial charge in [-0.2, -0.15) is 0 Å². The average molecular weight is 323 g/mol. The van der Waals surface area contributed by atoms with Crippen molar-refractivity contribution < 1.29 is 13.9 Å². The lowest BCUT2D eigenvalue weighted by atomic mass is 10.3. The second-order valence-corrected chi connectivity index (χ2v) is 4.84. The van der Waals surface area contributed by atoms with Crippen LogP contribution in [-0.4, -0.2) is 19.1 Å². The monoisotopic (exact) mass is 322 g/mol. The van der Waals surface area contributed by atoms with Gasteiger partial charge in [0.1, 0.15) is 5.75 Å². The van der Waals surface area contributed by atoms with E-state index in [4.69, 9.17) is 16.3 Å². The molecule has 0 unspecified atom stereocenters. The minimum absolute atomic E-state index is 0.00657. The number of carbonyl (C=O) groups excluding carboxylic acids is 1. The molecule has 0 saturated heterocycles. The Bertz CT molecular complexity index is 664. The van der Waals surface area contributed by atoms with Crippen molar-refractivity contribution in [3.8, 4) is 5.75 Å². The Morgan fingerprint density at radius 1 is 1.18 bits per heavy atom. The number of carbonyl (C=O) groups is 1. The predicted molar refractivity (Wildman–Crippen MR) is 86.1 cm³/mol. The Morgan fingerprint density at radius 2 is 1.91 bits per heavy atom. The third-order valence-corrected chi connectivity index (χ3v) is 3.14. The Balaban J connectivity index is 1.97. The molecule has 0 heterocycles. The van der Waals surface area contributed by atoms with Gasteiger partial charge in [0.15, 0.2) is 5.82 Å². The number of nitrogens with one attached hydrogen (secondary N) is 2. The SMILES string of the molecule is CCOc1ccccc1NC(=O)CNc1cccc(Cl)c1F. The summed E-state index contributed by atoms with van der Waals surface area (Å²) in [7, 11) is 0. The zero-order chi connectivity index (χ0) is 15.9. The van der Waals surface area contributed by atoms with E-state index in [1.165, 1.54) is 12.1 Å². The molecule has 0 radical (unpaired) electrons. The van der Waals surface area contributed by atoms with Crippen LogP contribution in [0.15, 0.2) is 42.5 Å². The topological polar surface area (TPSA) is 50.4 Å². The maximum atomic E-state index is 13.7. The summed E-state index contributed by atoms with van der Waals surface area (Å²) in [5.74, 6) is -0.300. The first-order valence-corrected chi connectivity index (χ1v) is 7.19. The number of benzene rings is 2. The lowest BCUT2D eigenvalue weighted by Gasteiger charge is -2.12. The molecular formula is C16H16ClFN2O2. The smallest absolute Gasteiger partial charge is 0.243 e. The average Bonchev–Trinajstić information content (AvgIpc) is 2.51. The Kier molecular flexibility index (Phi) is 5.61. The van der Waals surface area contributed by atoms with Crippen LogP contribution in [0.2, 0.25) is 5.02 Å². The number of ether oxygens (including phenoxy) is 1. The summed E-state index contributed by atoms with van der Waals surface area (Å²) in [6, 6.07) is 11.7. The van der Waals surface area contributed by atoms with Gasteiger partial charge in [0.2, 0.25) is 5.91 Å². The quantitative estimate of drug-likeness (QED) is 0.847. The van der Waals surface area contributed by atoms with E-state index >= 15 is 0 Å². The van der Waals surface area contributed by atoms with Gasteiger partial charge in [0, 0.05) is 0 Å². The fourth-order valence-electron chi connectivity index (χ4n) is 1.86. The highest BCUT2D eigenvalue weighted by molar-refractivity contribution is 6.31. The van der Waals surface area contributed by atoms with Crippen LogP contribution in [0.25, 0.3) is 0 Å². The minimum atomic E-state index is -0.577. The predicted octanol–water partition coefficient (Wildman–Crippen LogP) is 3.93. The molecule has 0 bridgehead atoms. The van der Waals surface area contributed by atoms with Crippen molar-refractivity contribution in [2.24, 2.45) is 0 Å². The van der Waals surface area contributed by atoms with Crippen LogP contribution in [0.4, 0.5) is 15.8 Å². The molecule has 0 aliphatic rings. The highest BCUT2D eigenvalue weighted by atomic mass is 35.5. The normalized spacial score (nSPS) is 10.1. The Hall–Kier alpha value is -2.27. The van der Waals surface area contributed by atoms with Crippen molar-refractivity contribution in [3.63, 3.8) is 0 Å². The molecule has 0 aliphatic heterocycles. The first-order valence-electron chi connectivity index (χ1n) is 6.81. The summed E-state index contributed by atoms with van der Waals surface area (Å²) in [5, 5.41) is 5.44. The highest BCUT2D eigenvalue weighted by Gasteiger charge is 2.10. The zero-order valence-electron chi connectivity index (χ0n) is 12.0. The number of hydrogen-bond acceptors (Lipinski definition) is 3. The Labute approximate surface area is 133 Å². The summed E-state index contributed by atoms with van der Waals surface area (Å²) >= 11 is 5.68. The summed E-state index contributed by atoms with van der Waals surface area (Å²) < 4.78 is 19.1. The van der Waals surface area contributed by atoms with Crippen LogP contribution in [0, 0.1) is 5.82 Å². The molecule has 22 heavy (non-hydrogen) atoms. The molecule has 0 aliphatic carbocycles. The van der Waals surface area contributed by atoms with Crippen LogP contribution >= 0.6 is 11.6 Å². The van der Waals surface area contributed by atoms with E-state index in [0.29, 0.717) is 18.0 Å². The van der Waals surface area contributed by atoms with Crippen LogP contribution in [0.3, 0.4) is 0 Å². The maximum absolute atomic E-state index is 13.7. The second-order valence-electron chi connectivity index (χ2n) is 4.43. The van der Waals surface area contributed by atoms with Crippen molar-refractivity contribution in [2.45, 2.75) is 6.92 Å². The zero-order valence-corrected chi connectivity index (χ0v) is 12.8. The standard InChI is InChI=1S/C16H16ClFN2O2/c1-2-22-14-9-4-3-7-12(14)20-15(21)10-19-13-8-5-6-11(17)16(13)18/h3-9,19H,2,10H2,1H3,(H,20,21). The number of halogens is 2. The molecule has 0 aromatic heterocycles. The molecule has 0 spiro atoms. The number of rotatable bonds is 6. The summed E-state index contributed by atoms with van der Waals surface area (Å²) in [6.45, 7) is 2.28. The van der Waals surface area contributed by atoms with Gasteiger partial charge in [-0.3, -0.25) is 4.79 Å². The molecular weight excluding hydrogens is 307 g/mol. The maximum Gasteiger partial charge on any atom is 0.243 e. The van der Waals surface area contributed by atoms with Crippen molar-refractivity contribution in [1.82, 2.24) is 0 Å². The Morgan fingerprint density at radius 3 is 2.68 bits per heavy atom. The van der Waals surface area contributed by atoms with Crippen molar-refractivity contribution in [2.75, 3.05) is 23.8 Å². The fraction of sp³-hybridized carbons (Fsp3) is 0.188. The second kappa shape index (κ2) is 7.66. The van der Waals surface area contributed by atoms with Gasteiger partial charge >= 0.3 is 0 Å². The van der Waals surface area contributed by atoms with Gasteiger partial charge in [-0.25, -0.2) is 4.39 Å². The summed E-state index contributed by atoms with van der Waals surface area (Å²) in [6.07, 6.45) is 0. The van der Waals surface area contributed by atoms with Gasteiger partial charge in [-0.05, 0) is 31.2 Å². The van der Waals surface area contributed by atoms with Gasteiger partial charge in [-0.1, -0.05) is 29.8 Å². The molecule has 0 saturated carbocycles. The number of hydrogen-bond donors (Lipinski definition) is 2. The molecule has 0 atom stereocenters. The van der Waals surface area contributed by atoms with Gasteiger partial charge in [0.25, 0.3) is 0 Å². The third kappa shape index (κ3) is 4.11. The molecule has 6 heteroatoms. The van der Waals surface area contributed by atoms with Crippen LogP contribution < -0.4 is 15.4 Å². The van der Waals surface area contributed by atoms with E-state index in [1.54, 1.807) is 24.3 Å². The van der Waals surface area contributed by atoms with E-state index in [9.17, 15) is 9.18 Å². The molecule has 1 amide bonds. The van der Waals surface area contributed by atoms with Crippen LogP contribution in [-0.2, 0) is 4.79 Å².